The van der Waals surface area contributed by atoms with Gasteiger partial charge in [-0.2, -0.15) is 0 Å². The second-order valence-corrected chi connectivity index (χ2v) is 8.83. The first-order valence-corrected chi connectivity index (χ1v) is 11.5. The maximum Gasteiger partial charge on any atom is 0.319 e. The lowest BCUT2D eigenvalue weighted by Gasteiger charge is -2.29. The average molecular weight is 541 g/mol. The van der Waals surface area contributed by atoms with Crippen molar-refractivity contribution in [2.24, 2.45) is 0 Å². The van der Waals surface area contributed by atoms with E-state index in [2.05, 4.69) is 66.4 Å². The molecule has 6 nitrogen and oxygen atoms in total. The van der Waals surface area contributed by atoms with Gasteiger partial charge < -0.3 is 15.7 Å². The van der Waals surface area contributed by atoms with Crippen molar-refractivity contribution in [2.75, 3.05) is 25.0 Å². The topological polar surface area (TPSA) is 81.7 Å². The van der Waals surface area contributed by atoms with E-state index in [4.69, 9.17) is 5.11 Å². The largest absolute Gasteiger partial charge is 0.481 e. The maximum atomic E-state index is 12.1. The number of anilines is 1. The molecule has 0 aliphatic rings. The third kappa shape index (κ3) is 8.85. The number of nitrogens with zero attached hydrogens (tertiary/aromatic N) is 1. The summed E-state index contributed by atoms with van der Waals surface area (Å²) in [5, 5.41) is 14.6. The number of carboxylic acid groups (broad SMARTS) is 1. The fraction of sp³-hybridized carbons (Fsp3) is 0.364. The van der Waals surface area contributed by atoms with Gasteiger partial charge in [0.1, 0.15) is 0 Å². The number of rotatable bonds is 11. The van der Waals surface area contributed by atoms with Crippen LogP contribution in [0.4, 0.5) is 10.5 Å². The molecule has 0 radical (unpaired) electrons. The predicted molar refractivity (Wildman–Crippen MR) is 127 cm³/mol. The molecule has 0 aromatic heterocycles. The molecule has 0 unspecified atom stereocenters. The number of hydrogen-bond donors (Lipinski definition) is 3. The van der Waals surface area contributed by atoms with E-state index in [9.17, 15) is 9.59 Å². The molecule has 2 amide bonds. The Morgan fingerprint density at radius 1 is 0.967 bits per heavy atom. The second kappa shape index (κ2) is 12.7. The lowest BCUT2D eigenvalue weighted by molar-refractivity contribution is -0.137. The zero-order valence-electron chi connectivity index (χ0n) is 16.9. The fourth-order valence-electron chi connectivity index (χ4n) is 3.08. The van der Waals surface area contributed by atoms with E-state index >= 15 is 0 Å². The molecule has 2 rings (SSSR count). The fourth-order valence-corrected chi connectivity index (χ4v) is 3.61. The Balaban J connectivity index is 1.83. The summed E-state index contributed by atoms with van der Waals surface area (Å²) in [6, 6.07) is 15.5. The van der Waals surface area contributed by atoms with Gasteiger partial charge in [-0.3, -0.25) is 9.69 Å². The molecule has 0 saturated heterocycles. The predicted octanol–water partition coefficient (Wildman–Crippen LogP) is 5.65. The van der Waals surface area contributed by atoms with Gasteiger partial charge in [0.05, 0.1) is 0 Å². The van der Waals surface area contributed by atoms with Crippen LogP contribution in [0.3, 0.4) is 0 Å². The summed E-state index contributed by atoms with van der Waals surface area (Å²) in [4.78, 5) is 25.2. The van der Waals surface area contributed by atoms with E-state index in [1.807, 2.05) is 36.4 Å². The summed E-state index contributed by atoms with van der Waals surface area (Å²) in [7, 11) is 0. The SMILES string of the molecule is C[C@@H](c1ccc(Br)cc1)N(CCCNC(=O)Nc1ccc(Br)cc1)CCCC(=O)O. The van der Waals surface area contributed by atoms with Gasteiger partial charge in [-0.1, -0.05) is 44.0 Å². The minimum atomic E-state index is -0.780. The van der Waals surface area contributed by atoms with E-state index < -0.39 is 5.97 Å². The Morgan fingerprint density at radius 3 is 2.13 bits per heavy atom. The first-order chi connectivity index (χ1) is 14.3. The highest BCUT2D eigenvalue weighted by molar-refractivity contribution is 9.10. The van der Waals surface area contributed by atoms with Crippen LogP contribution in [0.1, 0.15) is 37.8 Å². The molecule has 2 aromatic rings. The molecule has 0 saturated carbocycles. The van der Waals surface area contributed by atoms with Crippen LogP contribution in [0.2, 0.25) is 0 Å². The van der Waals surface area contributed by atoms with Crippen LogP contribution in [-0.2, 0) is 4.79 Å². The smallest absolute Gasteiger partial charge is 0.319 e. The first kappa shape index (κ1) is 24.4. The van der Waals surface area contributed by atoms with Crippen LogP contribution >= 0.6 is 31.9 Å². The summed E-state index contributed by atoms with van der Waals surface area (Å²) < 4.78 is 1.98. The minimum absolute atomic E-state index is 0.150. The molecule has 2 aromatic carbocycles. The summed E-state index contributed by atoms with van der Waals surface area (Å²) in [6.45, 7) is 4.10. The zero-order chi connectivity index (χ0) is 21.9. The Labute approximate surface area is 194 Å². The lowest BCUT2D eigenvalue weighted by atomic mass is 10.1. The number of carboxylic acids is 1. The molecular formula is C22H27Br2N3O3. The average Bonchev–Trinajstić information content (AvgIpc) is 2.71. The lowest BCUT2D eigenvalue weighted by Crippen LogP contribution is -2.34. The third-order valence-corrected chi connectivity index (χ3v) is 5.80. The molecular weight excluding hydrogens is 514 g/mol. The van der Waals surface area contributed by atoms with Crippen LogP contribution in [-0.4, -0.2) is 41.6 Å². The number of halogens is 2. The van der Waals surface area contributed by atoms with Crippen LogP contribution < -0.4 is 10.6 Å². The molecule has 30 heavy (non-hydrogen) atoms. The third-order valence-electron chi connectivity index (χ3n) is 4.75. The van der Waals surface area contributed by atoms with Gasteiger partial charge >= 0.3 is 12.0 Å². The highest BCUT2D eigenvalue weighted by Gasteiger charge is 2.16. The molecule has 3 N–H and O–H groups in total. The van der Waals surface area contributed by atoms with E-state index in [1.54, 1.807) is 0 Å². The van der Waals surface area contributed by atoms with E-state index in [1.165, 1.54) is 5.56 Å². The van der Waals surface area contributed by atoms with Gasteiger partial charge in [-0.25, -0.2) is 4.79 Å². The highest BCUT2D eigenvalue weighted by atomic mass is 79.9. The molecule has 0 heterocycles. The van der Waals surface area contributed by atoms with E-state index in [0.717, 1.165) is 27.6 Å². The molecule has 8 heteroatoms. The van der Waals surface area contributed by atoms with Gasteiger partial charge in [-0.15, -0.1) is 0 Å². The van der Waals surface area contributed by atoms with E-state index in [-0.39, 0.29) is 18.5 Å². The summed E-state index contributed by atoms with van der Waals surface area (Å²) in [6.07, 6.45) is 1.51. The van der Waals surface area contributed by atoms with Gasteiger partial charge in [0, 0.05) is 40.2 Å². The Kier molecular flexibility index (Phi) is 10.3. The quantitative estimate of drug-likeness (QED) is 0.321. The molecule has 0 aliphatic carbocycles. The molecule has 0 aliphatic heterocycles. The van der Waals surface area contributed by atoms with Crippen molar-refractivity contribution < 1.29 is 14.7 Å². The van der Waals surface area contributed by atoms with Crippen LogP contribution in [0.5, 0.6) is 0 Å². The normalized spacial score (nSPS) is 11.9. The maximum absolute atomic E-state index is 12.1. The zero-order valence-corrected chi connectivity index (χ0v) is 20.1. The molecule has 0 fully saturated rings. The molecule has 162 valence electrons. The van der Waals surface area contributed by atoms with Gasteiger partial charge in [0.2, 0.25) is 0 Å². The minimum Gasteiger partial charge on any atom is -0.481 e. The monoisotopic (exact) mass is 539 g/mol. The standard InChI is InChI=1S/C22H27Br2N3O3/c1-16(17-5-7-18(23)8-6-17)27(14-2-4-21(28)29)15-3-13-25-22(30)26-20-11-9-19(24)10-12-20/h5-12,16H,2-4,13-15H2,1H3,(H,28,29)(H2,25,26,30)/t16-/m0/s1. The Morgan fingerprint density at radius 2 is 1.53 bits per heavy atom. The first-order valence-electron chi connectivity index (χ1n) is 9.87. The van der Waals surface area contributed by atoms with Crippen LogP contribution in [0.15, 0.2) is 57.5 Å². The van der Waals surface area contributed by atoms with Crippen LogP contribution in [0, 0.1) is 0 Å². The highest BCUT2D eigenvalue weighted by Crippen LogP contribution is 2.23. The van der Waals surface area contributed by atoms with Crippen molar-refractivity contribution in [3.05, 3.63) is 63.0 Å². The number of benzene rings is 2. The van der Waals surface area contributed by atoms with Gasteiger partial charge in [0.25, 0.3) is 0 Å². The summed E-state index contributed by atoms with van der Waals surface area (Å²) >= 11 is 6.82. The summed E-state index contributed by atoms with van der Waals surface area (Å²) in [5.74, 6) is -0.780. The van der Waals surface area contributed by atoms with Gasteiger partial charge in [0.15, 0.2) is 0 Å². The van der Waals surface area contributed by atoms with Crippen LogP contribution in [0.25, 0.3) is 0 Å². The number of carbonyl (C=O) groups excluding carboxylic acids is 1. The van der Waals surface area contributed by atoms with Crippen molar-refractivity contribution in [1.29, 1.82) is 0 Å². The summed E-state index contributed by atoms with van der Waals surface area (Å²) in [5.41, 5.74) is 1.91. The number of carbonyl (C=O) groups is 2. The van der Waals surface area contributed by atoms with Crippen molar-refractivity contribution in [3.8, 4) is 0 Å². The molecule has 1 atom stereocenters. The molecule has 0 bridgehead atoms. The van der Waals surface area contributed by atoms with Crippen molar-refractivity contribution in [3.63, 3.8) is 0 Å². The number of aliphatic carboxylic acids is 1. The number of urea groups is 1. The van der Waals surface area contributed by atoms with Gasteiger partial charge in [-0.05, 0) is 68.3 Å². The van der Waals surface area contributed by atoms with E-state index in [0.29, 0.717) is 19.5 Å². The second-order valence-electron chi connectivity index (χ2n) is 7.00. The Bertz CT molecular complexity index is 813. The number of nitrogens with one attached hydrogen (secondary N) is 2. The number of hydrogen-bond acceptors (Lipinski definition) is 3. The Hall–Kier alpha value is -1.90. The van der Waals surface area contributed by atoms with Crippen molar-refractivity contribution in [1.82, 2.24) is 10.2 Å². The molecule has 0 spiro atoms. The van der Waals surface area contributed by atoms with Crippen molar-refractivity contribution >= 4 is 49.5 Å². The number of amides is 2. The van der Waals surface area contributed by atoms with Crippen molar-refractivity contribution in [2.45, 2.75) is 32.2 Å².